The molecular weight excluding hydrogens is 362 g/mol. The van der Waals surface area contributed by atoms with Crippen LogP contribution in [-0.4, -0.2) is 28.0 Å². The number of aromatic nitrogens is 2. The number of carbonyl (C=O) groups is 1. The Kier molecular flexibility index (Phi) is 4.21. The number of nitrogens with zero attached hydrogens (tertiary/aromatic N) is 2. The molecule has 2 heterocycles. The molecule has 0 saturated heterocycles. The molecule has 0 spiro atoms. The number of hydrogen-bond donors (Lipinski definition) is 2. The van der Waals surface area contributed by atoms with Crippen LogP contribution in [0.1, 0.15) is 10.5 Å². The predicted octanol–water partition coefficient (Wildman–Crippen LogP) is 3.63. The molecule has 6 nitrogen and oxygen atoms in total. The molecule has 134 valence electrons. The lowest BCUT2D eigenvalue weighted by Gasteiger charge is -2.19. The van der Waals surface area contributed by atoms with Crippen molar-refractivity contribution in [2.75, 3.05) is 11.9 Å². The normalized spacial score (nSPS) is 10.9. The molecule has 0 aliphatic rings. The van der Waals surface area contributed by atoms with E-state index in [4.69, 9.17) is 0 Å². The highest BCUT2D eigenvalue weighted by Gasteiger charge is 2.23. The van der Waals surface area contributed by atoms with Crippen LogP contribution >= 0.6 is 11.3 Å². The Bertz CT molecular complexity index is 1190. The first-order valence-corrected chi connectivity index (χ1v) is 9.07. The van der Waals surface area contributed by atoms with Crippen molar-refractivity contribution in [2.45, 2.75) is 0 Å². The molecule has 0 fully saturated rings. The zero-order chi connectivity index (χ0) is 19.0. The van der Waals surface area contributed by atoms with Gasteiger partial charge in [-0.3, -0.25) is 9.59 Å². The summed E-state index contributed by atoms with van der Waals surface area (Å²) in [4.78, 5) is 34.0. The Morgan fingerprint density at radius 1 is 1.11 bits per heavy atom. The smallest absolute Gasteiger partial charge is 0.294 e. The molecule has 4 rings (SSSR count). The molecule has 0 aliphatic heterocycles. The summed E-state index contributed by atoms with van der Waals surface area (Å²) in [5.74, 6) is -0.998. The topological polar surface area (TPSA) is 86.3 Å². The molecule has 7 heteroatoms. The second-order valence-electron chi connectivity index (χ2n) is 5.95. The van der Waals surface area contributed by atoms with E-state index in [1.807, 2.05) is 53.9 Å². The number of fused-ring (bicyclic) bond motifs is 1. The average molecular weight is 377 g/mol. The van der Waals surface area contributed by atoms with Gasteiger partial charge in [0.25, 0.3) is 11.5 Å². The number of thiophene rings is 1. The summed E-state index contributed by atoms with van der Waals surface area (Å²) in [6.07, 6.45) is 0. The third-order valence-electron chi connectivity index (χ3n) is 4.28. The largest absolute Gasteiger partial charge is 0.501 e. The molecule has 0 atom stereocenters. The van der Waals surface area contributed by atoms with Gasteiger partial charge >= 0.3 is 0 Å². The van der Waals surface area contributed by atoms with Crippen molar-refractivity contribution >= 4 is 33.7 Å². The van der Waals surface area contributed by atoms with E-state index in [0.717, 1.165) is 10.8 Å². The first-order chi connectivity index (χ1) is 13.1. The number of anilines is 1. The molecule has 0 unspecified atom stereocenters. The molecule has 1 amide bonds. The van der Waals surface area contributed by atoms with Crippen LogP contribution in [0.4, 0.5) is 5.69 Å². The molecule has 2 aromatic carbocycles. The first kappa shape index (κ1) is 17.0. The first-order valence-electron chi connectivity index (χ1n) is 8.19. The minimum atomic E-state index is -0.747. The maximum Gasteiger partial charge on any atom is 0.294 e. The highest BCUT2D eigenvalue weighted by Crippen LogP contribution is 2.28. The van der Waals surface area contributed by atoms with Gasteiger partial charge in [0.05, 0.1) is 10.6 Å². The average Bonchev–Trinajstić information content (AvgIpc) is 3.23. The summed E-state index contributed by atoms with van der Waals surface area (Å²) in [6.45, 7) is 0. The lowest BCUT2D eigenvalue weighted by Crippen LogP contribution is -2.29. The van der Waals surface area contributed by atoms with Crippen LogP contribution in [-0.2, 0) is 0 Å². The fourth-order valence-corrected chi connectivity index (χ4v) is 3.58. The summed E-state index contributed by atoms with van der Waals surface area (Å²) in [7, 11) is 1.59. The lowest BCUT2D eigenvalue weighted by molar-refractivity contribution is 0.0985. The van der Waals surface area contributed by atoms with Crippen LogP contribution in [0.15, 0.2) is 64.8 Å². The number of H-pyrrole nitrogens is 1. The van der Waals surface area contributed by atoms with Crippen molar-refractivity contribution in [1.82, 2.24) is 9.97 Å². The van der Waals surface area contributed by atoms with Crippen molar-refractivity contribution < 1.29 is 9.90 Å². The van der Waals surface area contributed by atoms with Crippen LogP contribution in [0.25, 0.3) is 21.5 Å². The summed E-state index contributed by atoms with van der Waals surface area (Å²) in [5, 5.41) is 13.9. The molecular formula is C20H15N3O3S. The maximum absolute atomic E-state index is 13.0. The zero-order valence-corrected chi connectivity index (χ0v) is 15.2. The van der Waals surface area contributed by atoms with Gasteiger partial charge < -0.3 is 15.0 Å². The third-order valence-corrected chi connectivity index (χ3v) is 5.16. The van der Waals surface area contributed by atoms with Crippen molar-refractivity contribution in [3.05, 3.63) is 76.0 Å². The third kappa shape index (κ3) is 2.98. The van der Waals surface area contributed by atoms with Gasteiger partial charge in [0, 0.05) is 12.4 Å². The van der Waals surface area contributed by atoms with Gasteiger partial charge in [-0.2, -0.15) is 0 Å². The monoisotopic (exact) mass is 377 g/mol. The molecule has 0 radical (unpaired) electrons. The van der Waals surface area contributed by atoms with Crippen LogP contribution in [0.2, 0.25) is 0 Å². The summed E-state index contributed by atoms with van der Waals surface area (Å²) >= 11 is 1.38. The van der Waals surface area contributed by atoms with E-state index >= 15 is 0 Å². The summed E-state index contributed by atoms with van der Waals surface area (Å²) in [5.41, 5.74) is -0.363. The summed E-state index contributed by atoms with van der Waals surface area (Å²) in [6, 6.07) is 16.9. The van der Waals surface area contributed by atoms with Gasteiger partial charge in [-0.05, 0) is 22.9 Å². The van der Waals surface area contributed by atoms with Crippen LogP contribution in [0, 0.1) is 0 Å². The predicted molar refractivity (Wildman–Crippen MR) is 107 cm³/mol. The quantitative estimate of drug-likeness (QED) is 0.571. The van der Waals surface area contributed by atoms with E-state index in [0.29, 0.717) is 10.6 Å². The van der Waals surface area contributed by atoms with E-state index in [2.05, 4.69) is 9.97 Å². The minimum absolute atomic E-state index is 0.252. The van der Waals surface area contributed by atoms with Gasteiger partial charge in [-0.1, -0.05) is 42.5 Å². The highest BCUT2D eigenvalue weighted by atomic mass is 32.1. The van der Waals surface area contributed by atoms with Crippen molar-refractivity contribution in [3.63, 3.8) is 0 Å². The standard InChI is InChI=1S/C20H15N3O3S/c1-23(14-9-4-7-12-6-2-3-8-13(12)14)20(26)16-17(24)19(25)22-18(21-16)15-10-5-11-27-15/h2-11,24H,1H3,(H,21,22,25). The Hall–Kier alpha value is -3.45. The van der Waals surface area contributed by atoms with Gasteiger partial charge in [0.15, 0.2) is 11.5 Å². The second kappa shape index (κ2) is 6.69. The van der Waals surface area contributed by atoms with E-state index in [9.17, 15) is 14.7 Å². The van der Waals surface area contributed by atoms with Crippen LogP contribution in [0.5, 0.6) is 5.75 Å². The zero-order valence-electron chi connectivity index (χ0n) is 14.3. The van der Waals surface area contributed by atoms with Gasteiger partial charge in [0.2, 0.25) is 5.75 Å². The Balaban J connectivity index is 1.81. The maximum atomic E-state index is 13.0. The molecule has 0 saturated carbocycles. The van der Waals surface area contributed by atoms with E-state index in [1.165, 1.54) is 16.2 Å². The number of benzene rings is 2. The van der Waals surface area contributed by atoms with Gasteiger partial charge in [-0.25, -0.2) is 4.98 Å². The lowest BCUT2D eigenvalue weighted by atomic mass is 10.1. The number of aromatic hydroxyl groups is 1. The second-order valence-corrected chi connectivity index (χ2v) is 6.90. The van der Waals surface area contributed by atoms with E-state index < -0.39 is 17.2 Å². The molecule has 27 heavy (non-hydrogen) atoms. The Morgan fingerprint density at radius 2 is 1.89 bits per heavy atom. The van der Waals surface area contributed by atoms with Crippen molar-refractivity contribution in [3.8, 4) is 16.5 Å². The number of aromatic amines is 1. The summed E-state index contributed by atoms with van der Waals surface area (Å²) < 4.78 is 0. The Morgan fingerprint density at radius 3 is 2.67 bits per heavy atom. The Labute approximate surface area is 158 Å². The fraction of sp³-hybridized carbons (Fsp3) is 0.0500. The van der Waals surface area contributed by atoms with E-state index in [-0.39, 0.29) is 11.5 Å². The number of nitrogens with one attached hydrogen (secondary N) is 1. The number of rotatable bonds is 3. The van der Waals surface area contributed by atoms with Crippen LogP contribution < -0.4 is 10.5 Å². The molecule has 0 aliphatic carbocycles. The molecule has 4 aromatic rings. The van der Waals surface area contributed by atoms with Gasteiger partial charge in [0.1, 0.15) is 0 Å². The molecule has 2 aromatic heterocycles. The van der Waals surface area contributed by atoms with E-state index in [1.54, 1.807) is 13.1 Å². The minimum Gasteiger partial charge on any atom is -0.501 e. The number of carbonyl (C=O) groups excluding carboxylic acids is 1. The highest BCUT2D eigenvalue weighted by molar-refractivity contribution is 7.13. The number of hydrogen-bond acceptors (Lipinski definition) is 5. The van der Waals surface area contributed by atoms with Crippen molar-refractivity contribution in [1.29, 1.82) is 0 Å². The van der Waals surface area contributed by atoms with Gasteiger partial charge in [-0.15, -0.1) is 11.3 Å². The SMILES string of the molecule is CN(C(=O)c1nc(-c2cccs2)[nH]c(=O)c1O)c1cccc2ccccc12. The molecule has 2 N–H and O–H groups in total. The fourth-order valence-electron chi connectivity index (χ4n) is 2.92. The van der Waals surface area contributed by atoms with Crippen molar-refractivity contribution in [2.24, 2.45) is 0 Å². The number of amides is 1. The van der Waals surface area contributed by atoms with Crippen LogP contribution in [0.3, 0.4) is 0 Å². The molecule has 0 bridgehead atoms.